The standard InChI is InChI=1S/C23H18Cl2N4O5/c1-32-22(31)15-3-5-16(6-4-15)33-12-17-7-9-20(34-17)21(30)27-23-26-13-29(28-23)11-14-2-8-18(24)19(25)10-14/h2-10,13H,11-12H2,1H3,(H,27,28,30). The van der Waals surface area contributed by atoms with Crippen LogP contribution in [-0.4, -0.2) is 33.8 Å². The molecule has 0 aliphatic carbocycles. The molecular weight excluding hydrogens is 483 g/mol. The Hall–Kier alpha value is -3.82. The molecule has 174 valence electrons. The van der Waals surface area contributed by atoms with Crippen molar-refractivity contribution in [2.45, 2.75) is 13.2 Å². The fourth-order valence-corrected chi connectivity index (χ4v) is 3.27. The van der Waals surface area contributed by atoms with Crippen LogP contribution in [0.3, 0.4) is 0 Å². The average molecular weight is 501 g/mol. The Morgan fingerprint density at radius 3 is 2.59 bits per heavy atom. The summed E-state index contributed by atoms with van der Waals surface area (Å²) in [4.78, 5) is 28.0. The van der Waals surface area contributed by atoms with E-state index in [1.54, 1.807) is 47.1 Å². The molecule has 9 nitrogen and oxygen atoms in total. The Labute approximate surface area is 204 Å². The van der Waals surface area contributed by atoms with Crippen LogP contribution in [0, 0.1) is 0 Å². The van der Waals surface area contributed by atoms with Gasteiger partial charge in [0.05, 0.1) is 29.3 Å². The average Bonchev–Trinajstić information content (AvgIpc) is 3.49. The van der Waals surface area contributed by atoms with E-state index in [2.05, 4.69) is 20.1 Å². The number of anilines is 1. The number of benzene rings is 2. The van der Waals surface area contributed by atoms with Crippen LogP contribution in [0.1, 0.15) is 32.2 Å². The van der Waals surface area contributed by atoms with E-state index in [-0.39, 0.29) is 18.3 Å². The van der Waals surface area contributed by atoms with E-state index in [9.17, 15) is 9.59 Å². The summed E-state index contributed by atoms with van der Waals surface area (Å²) in [6.45, 7) is 0.504. The van der Waals surface area contributed by atoms with E-state index in [1.165, 1.54) is 19.5 Å². The van der Waals surface area contributed by atoms with Crippen LogP contribution in [0.15, 0.2) is 65.3 Å². The van der Waals surface area contributed by atoms with Crippen LogP contribution in [0.5, 0.6) is 5.75 Å². The van der Waals surface area contributed by atoms with E-state index in [4.69, 9.17) is 32.4 Å². The second-order valence-electron chi connectivity index (χ2n) is 7.04. The topological polar surface area (TPSA) is 108 Å². The van der Waals surface area contributed by atoms with E-state index < -0.39 is 11.9 Å². The molecule has 0 radical (unpaired) electrons. The molecule has 0 bridgehead atoms. The van der Waals surface area contributed by atoms with Crippen LogP contribution in [-0.2, 0) is 17.9 Å². The number of methoxy groups -OCH3 is 1. The summed E-state index contributed by atoms with van der Waals surface area (Å²) in [5, 5.41) is 7.73. The number of hydrogen-bond donors (Lipinski definition) is 1. The first-order valence-corrected chi connectivity index (χ1v) is 10.7. The lowest BCUT2D eigenvalue weighted by molar-refractivity contribution is 0.0600. The SMILES string of the molecule is COC(=O)c1ccc(OCc2ccc(C(=O)Nc3ncn(Cc4ccc(Cl)c(Cl)c4)n3)o2)cc1. The summed E-state index contributed by atoms with van der Waals surface area (Å²) in [5.41, 5.74) is 1.30. The lowest BCUT2D eigenvalue weighted by Gasteiger charge is -2.05. The van der Waals surface area contributed by atoms with Crippen molar-refractivity contribution in [1.82, 2.24) is 14.8 Å². The van der Waals surface area contributed by atoms with Gasteiger partial charge in [0.1, 0.15) is 24.4 Å². The highest BCUT2D eigenvalue weighted by Gasteiger charge is 2.14. The van der Waals surface area contributed by atoms with Gasteiger partial charge in [-0.15, -0.1) is 5.10 Å². The minimum atomic E-state index is -0.499. The van der Waals surface area contributed by atoms with Crippen molar-refractivity contribution in [2.75, 3.05) is 12.4 Å². The first-order chi connectivity index (χ1) is 16.4. The molecule has 0 atom stereocenters. The number of rotatable bonds is 8. The molecule has 4 rings (SSSR count). The van der Waals surface area contributed by atoms with E-state index >= 15 is 0 Å². The predicted molar refractivity (Wildman–Crippen MR) is 124 cm³/mol. The zero-order valence-corrected chi connectivity index (χ0v) is 19.3. The highest BCUT2D eigenvalue weighted by atomic mass is 35.5. The highest BCUT2D eigenvalue weighted by Crippen LogP contribution is 2.23. The van der Waals surface area contributed by atoms with Crippen LogP contribution in [0.4, 0.5) is 5.95 Å². The number of halogens is 2. The Balaban J connectivity index is 1.31. The minimum Gasteiger partial charge on any atom is -0.486 e. The summed E-state index contributed by atoms with van der Waals surface area (Å²) in [7, 11) is 1.32. The molecule has 0 saturated carbocycles. The van der Waals surface area contributed by atoms with Crippen molar-refractivity contribution < 1.29 is 23.5 Å². The van der Waals surface area contributed by atoms with Gasteiger partial charge in [0, 0.05) is 0 Å². The first-order valence-electron chi connectivity index (χ1n) is 9.96. The number of carbonyl (C=O) groups is 2. The number of furan rings is 1. The highest BCUT2D eigenvalue weighted by molar-refractivity contribution is 6.42. The van der Waals surface area contributed by atoms with Crippen LogP contribution in [0.2, 0.25) is 10.0 Å². The zero-order chi connectivity index (χ0) is 24.1. The van der Waals surface area contributed by atoms with Crippen LogP contribution >= 0.6 is 23.2 Å². The minimum absolute atomic E-state index is 0.0838. The van der Waals surface area contributed by atoms with E-state index in [0.29, 0.717) is 33.7 Å². The van der Waals surface area contributed by atoms with Gasteiger partial charge >= 0.3 is 5.97 Å². The Bertz CT molecular complexity index is 1320. The van der Waals surface area contributed by atoms with Gasteiger partial charge in [-0.1, -0.05) is 29.3 Å². The van der Waals surface area contributed by atoms with Crippen LogP contribution < -0.4 is 10.1 Å². The molecule has 11 heteroatoms. The number of nitrogens with one attached hydrogen (secondary N) is 1. The van der Waals surface area contributed by atoms with Gasteiger partial charge in [0.25, 0.3) is 5.91 Å². The third-order valence-electron chi connectivity index (χ3n) is 4.63. The van der Waals surface area contributed by atoms with Crippen molar-refractivity contribution in [1.29, 1.82) is 0 Å². The molecule has 1 N–H and O–H groups in total. The molecule has 34 heavy (non-hydrogen) atoms. The summed E-state index contributed by atoms with van der Waals surface area (Å²) < 4.78 is 17.4. The smallest absolute Gasteiger partial charge is 0.337 e. The number of esters is 1. The number of nitrogens with zero attached hydrogens (tertiary/aromatic N) is 3. The van der Waals surface area contributed by atoms with Crippen molar-refractivity contribution in [3.8, 4) is 5.75 Å². The maximum atomic E-state index is 12.5. The summed E-state index contributed by atoms with van der Waals surface area (Å²) in [6.07, 6.45) is 1.49. The van der Waals surface area contributed by atoms with Crippen molar-refractivity contribution in [3.05, 3.63) is 93.6 Å². The number of carbonyl (C=O) groups excluding carboxylic acids is 2. The number of amides is 1. The third kappa shape index (κ3) is 5.75. The molecule has 2 aromatic heterocycles. The zero-order valence-electron chi connectivity index (χ0n) is 17.8. The molecule has 0 unspecified atom stereocenters. The van der Waals surface area contributed by atoms with Crippen LogP contribution in [0.25, 0.3) is 0 Å². The fraction of sp³-hybridized carbons (Fsp3) is 0.130. The molecule has 0 saturated heterocycles. The monoisotopic (exact) mass is 500 g/mol. The summed E-state index contributed by atoms with van der Waals surface area (Å²) in [5.74, 6) is 0.264. The largest absolute Gasteiger partial charge is 0.486 e. The second kappa shape index (κ2) is 10.4. The molecule has 0 aliphatic heterocycles. The quantitative estimate of drug-likeness (QED) is 0.344. The first kappa shape index (κ1) is 23.3. The summed E-state index contributed by atoms with van der Waals surface area (Å²) in [6, 6.07) is 14.9. The van der Waals surface area contributed by atoms with Crippen molar-refractivity contribution in [2.24, 2.45) is 0 Å². The van der Waals surface area contributed by atoms with Crippen molar-refractivity contribution >= 4 is 41.0 Å². The van der Waals surface area contributed by atoms with E-state index in [1.807, 2.05) is 6.07 Å². The predicted octanol–water partition coefficient (Wildman–Crippen LogP) is 4.84. The number of ether oxygens (including phenoxy) is 2. The molecule has 2 aromatic carbocycles. The molecule has 1 amide bonds. The third-order valence-corrected chi connectivity index (χ3v) is 5.37. The Morgan fingerprint density at radius 2 is 1.85 bits per heavy atom. The lowest BCUT2D eigenvalue weighted by atomic mass is 10.2. The lowest BCUT2D eigenvalue weighted by Crippen LogP contribution is -2.12. The van der Waals surface area contributed by atoms with Gasteiger partial charge < -0.3 is 13.9 Å². The fourth-order valence-electron chi connectivity index (χ4n) is 2.95. The van der Waals surface area contributed by atoms with Crippen molar-refractivity contribution in [3.63, 3.8) is 0 Å². The van der Waals surface area contributed by atoms with Gasteiger partial charge in [-0.2, -0.15) is 0 Å². The summed E-state index contributed by atoms with van der Waals surface area (Å²) >= 11 is 12.0. The molecule has 4 aromatic rings. The number of hydrogen-bond acceptors (Lipinski definition) is 7. The second-order valence-corrected chi connectivity index (χ2v) is 7.85. The molecular formula is C23H18Cl2N4O5. The van der Waals surface area contributed by atoms with Gasteiger partial charge in [0.2, 0.25) is 5.95 Å². The Kier molecular flexibility index (Phi) is 7.15. The molecule has 0 fully saturated rings. The number of aromatic nitrogens is 3. The molecule has 2 heterocycles. The van der Waals surface area contributed by atoms with Gasteiger partial charge in [-0.25, -0.2) is 14.5 Å². The maximum Gasteiger partial charge on any atom is 0.337 e. The molecule has 0 aliphatic rings. The maximum absolute atomic E-state index is 12.5. The Morgan fingerprint density at radius 1 is 1.06 bits per heavy atom. The molecule has 0 spiro atoms. The van der Waals surface area contributed by atoms with E-state index in [0.717, 1.165) is 5.56 Å². The van der Waals surface area contributed by atoms with Gasteiger partial charge in [-0.3, -0.25) is 10.1 Å². The normalized spacial score (nSPS) is 10.7. The van der Waals surface area contributed by atoms with Gasteiger partial charge in [-0.05, 0) is 54.1 Å². The van der Waals surface area contributed by atoms with Gasteiger partial charge in [0.15, 0.2) is 5.76 Å².